The first-order valence-electron chi connectivity index (χ1n) is 10.2. The molecule has 4 nitrogen and oxygen atoms in total. The smallest absolute Gasteiger partial charge is 0.139 e. The fourth-order valence-electron chi connectivity index (χ4n) is 3.47. The van der Waals surface area contributed by atoms with Crippen molar-refractivity contribution in [1.82, 2.24) is 5.32 Å². The van der Waals surface area contributed by atoms with Crippen LogP contribution < -0.4 is 15.4 Å². The van der Waals surface area contributed by atoms with Crippen LogP contribution in [0, 0.1) is 0 Å². The van der Waals surface area contributed by atoms with Crippen LogP contribution in [-0.4, -0.2) is 25.0 Å². The normalized spacial score (nSPS) is 13.5. The van der Waals surface area contributed by atoms with Crippen molar-refractivity contribution in [2.75, 3.05) is 18.4 Å². The van der Waals surface area contributed by atoms with E-state index in [1.54, 1.807) is 6.92 Å². The Morgan fingerprint density at radius 2 is 1.87 bits per heavy atom. The van der Waals surface area contributed by atoms with Gasteiger partial charge in [-0.2, -0.15) is 0 Å². The van der Waals surface area contributed by atoms with Gasteiger partial charge in [0.25, 0.3) is 0 Å². The molecular formula is C25H25ClN2O2. The summed E-state index contributed by atoms with van der Waals surface area (Å²) in [5.74, 6) is 0.882. The van der Waals surface area contributed by atoms with Gasteiger partial charge in [0.1, 0.15) is 17.6 Å². The molecule has 1 aliphatic heterocycles. The SMILES string of the molecule is CC(=O)Cc1ccccc1NCc1cccc(-c2ccc(Cl)c(OC3CNC3)c2)c1. The topological polar surface area (TPSA) is 50.4 Å². The van der Waals surface area contributed by atoms with E-state index in [-0.39, 0.29) is 11.9 Å². The summed E-state index contributed by atoms with van der Waals surface area (Å²) >= 11 is 6.33. The second-order valence-electron chi connectivity index (χ2n) is 7.63. The number of nitrogens with one attached hydrogen (secondary N) is 2. The standard InChI is InChI=1S/C25H25ClN2O2/c1-17(29)11-21-6-2-3-8-24(21)28-14-18-5-4-7-19(12-18)20-9-10-23(26)25(13-20)30-22-15-27-16-22/h2-10,12-13,22,27-28H,11,14-16H2,1H3. The summed E-state index contributed by atoms with van der Waals surface area (Å²) in [4.78, 5) is 11.5. The number of hydrogen-bond acceptors (Lipinski definition) is 4. The molecule has 0 bridgehead atoms. The Kier molecular flexibility index (Phi) is 6.36. The van der Waals surface area contributed by atoms with Gasteiger partial charge >= 0.3 is 0 Å². The molecule has 1 fully saturated rings. The van der Waals surface area contributed by atoms with Crippen molar-refractivity contribution in [3.63, 3.8) is 0 Å². The third-order valence-corrected chi connectivity index (χ3v) is 5.48. The van der Waals surface area contributed by atoms with E-state index in [4.69, 9.17) is 16.3 Å². The molecule has 30 heavy (non-hydrogen) atoms. The van der Waals surface area contributed by atoms with Gasteiger partial charge in [0.15, 0.2) is 0 Å². The third kappa shape index (κ3) is 5.02. The third-order valence-electron chi connectivity index (χ3n) is 5.17. The van der Waals surface area contributed by atoms with Crippen LogP contribution in [0.4, 0.5) is 5.69 Å². The molecule has 2 N–H and O–H groups in total. The molecule has 1 heterocycles. The zero-order chi connectivity index (χ0) is 20.9. The summed E-state index contributed by atoms with van der Waals surface area (Å²) in [7, 11) is 0. The predicted molar refractivity (Wildman–Crippen MR) is 122 cm³/mol. The Hall–Kier alpha value is -2.82. The number of carbonyl (C=O) groups excluding carboxylic acids is 1. The van der Waals surface area contributed by atoms with Gasteiger partial charge in [0.05, 0.1) is 5.02 Å². The van der Waals surface area contributed by atoms with Crippen LogP contribution in [0.1, 0.15) is 18.1 Å². The Bertz CT molecular complexity index is 1050. The van der Waals surface area contributed by atoms with Gasteiger partial charge in [-0.15, -0.1) is 0 Å². The molecule has 0 aromatic heterocycles. The maximum atomic E-state index is 11.5. The van der Waals surface area contributed by atoms with E-state index in [0.717, 1.165) is 46.8 Å². The molecule has 0 unspecified atom stereocenters. The Morgan fingerprint density at radius 1 is 1.07 bits per heavy atom. The van der Waals surface area contributed by atoms with Crippen molar-refractivity contribution in [1.29, 1.82) is 0 Å². The van der Waals surface area contributed by atoms with Gasteiger partial charge in [0, 0.05) is 31.7 Å². The molecule has 0 radical (unpaired) electrons. The second-order valence-corrected chi connectivity index (χ2v) is 8.04. The van der Waals surface area contributed by atoms with E-state index in [1.165, 1.54) is 0 Å². The van der Waals surface area contributed by atoms with E-state index in [2.05, 4.69) is 34.9 Å². The van der Waals surface area contributed by atoms with Gasteiger partial charge in [0.2, 0.25) is 0 Å². The lowest BCUT2D eigenvalue weighted by Crippen LogP contribution is -2.50. The zero-order valence-electron chi connectivity index (χ0n) is 17.0. The molecule has 0 spiro atoms. The first-order chi connectivity index (χ1) is 14.6. The van der Waals surface area contributed by atoms with Crippen LogP contribution >= 0.6 is 11.6 Å². The lowest BCUT2D eigenvalue weighted by molar-refractivity contribution is -0.116. The van der Waals surface area contributed by atoms with Crippen LogP contribution in [0.2, 0.25) is 5.02 Å². The largest absolute Gasteiger partial charge is 0.486 e. The van der Waals surface area contributed by atoms with E-state index in [1.807, 2.05) is 42.5 Å². The first-order valence-corrected chi connectivity index (χ1v) is 10.5. The minimum Gasteiger partial charge on any atom is -0.486 e. The molecule has 1 saturated heterocycles. The number of benzene rings is 3. The molecule has 0 saturated carbocycles. The fourth-order valence-corrected chi connectivity index (χ4v) is 3.63. The molecule has 0 aliphatic carbocycles. The second kappa shape index (κ2) is 9.33. The quantitative estimate of drug-likeness (QED) is 0.532. The molecule has 3 aromatic rings. The van der Waals surface area contributed by atoms with Gasteiger partial charge in [-0.25, -0.2) is 0 Å². The number of halogens is 1. The van der Waals surface area contributed by atoms with Gasteiger partial charge in [-0.1, -0.05) is 54.1 Å². The van der Waals surface area contributed by atoms with Crippen LogP contribution in [0.5, 0.6) is 5.75 Å². The highest BCUT2D eigenvalue weighted by Crippen LogP contribution is 2.32. The lowest BCUT2D eigenvalue weighted by Gasteiger charge is -2.28. The van der Waals surface area contributed by atoms with Gasteiger partial charge in [-0.3, -0.25) is 4.79 Å². The Morgan fingerprint density at radius 3 is 2.63 bits per heavy atom. The lowest BCUT2D eigenvalue weighted by atomic mass is 10.0. The number of rotatable bonds is 8. The summed E-state index contributed by atoms with van der Waals surface area (Å²) in [5.41, 5.74) is 5.35. The predicted octanol–water partition coefficient (Wildman–Crippen LogP) is 5.10. The van der Waals surface area contributed by atoms with Crippen molar-refractivity contribution in [3.05, 3.63) is 82.9 Å². The average molecular weight is 421 g/mol. The average Bonchev–Trinajstić information content (AvgIpc) is 2.71. The van der Waals surface area contributed by atoms with Crippen molar-refractivity contribution in [2.45, 2.75) is 26.0 Å². The molecule has 0 amide bonds. The van der Waals surface area contributed by atoms with E-state index in [0.29, 0.717) is 18.0 Å². The highest BCUT2D eigenvalue weighted by molar-refractivity contribution is 6.32. The minimum atomic E-state index is 0.157. The van der Waals surface area contributed by atoms with Gasteiger partial charge in [-0.05, 0) is 53.4 Å². The number of Topliss-reactive ketones (excluding diaryl/α,β-unsaturated/α-hetero) is 1. The van der Waals surface area contributed by atoms with Crippen molar-refractivity contribution in [3.8, 4) is 16.9 Å². The summed E-state index contributed by atoms with van der Waals surface area (Å²) in [6.07, 6.45) is 0.621. The number of anilines is 1. The summed E-state index contributed by atoms with van der Waals surface area (Å²) < 4.78 is 5.99. The highest BCUT2D eigenvalue weighted by Gasteiger charge is 2.19. The first kappa shape index (κ1) is 20.5. The van der Waals surface area contributed by atoms with Crippen LogP contribution in [0.15, 0.2) is 66.7 Å². The van der Waals surface area contributed by atoms with Crippen molar-refractivity contribution >= 4 is 23.1 Å². The number of para-hydroxylation sites is 1. The molecule has 4 rings (SSSR count). The number of ketones is 1. The van der Waals surface area contributed by atoms with Crippen LogP contribution in [-0.2, 0) is 17.8 Å². The number of ether oxygens (including phenoxy) is 1. The molecular weight excluding hydrogens is 396 g/mol. The Balaban J connectivity index is 1.50. The fraction of sp³-hybridized carbons (Fsp3) is 0.240. The van der Waals surface area contributed by atoms with Crippen molar-refractivity contribution in [2.24, 2.45) is 0 Å². The minimum absolute atomic E-state index is 0.157. The molecule has 1 aliphatic rings. The maximum Gasteiger partial charge on any atom is 0.139 e. The van der Waals surface area contributed by atoms with E-state index in [9.17, 15) is 4.79 Å². The monoisotopic (exact) mass is 420 g/mol. The maximum absolute atomic E-state index is 11.5. The molecule has 0 atom stereocenters. The van der Waals surface area contributed by atoms with Crippen molar-refractivity contribution < 1.29 is 9.53 Å². The summed E-state index contributed by atoms with van der Waals surface area (Å²) in [5, 5.41) is 7.30. The van der Waals surface area contributed by atoms with E-state index < -0.39 is 0 Å². The van der Waals surface area contributed by atoms with Crippen LogP contribution in [0.25, 0.3) is 11.1 Å². The summed E-state index contributed by atoms with van der Waals surface area (Å²) in [6, 6.07) is 22.3. The highest BCUT2D eigenvalue weighted by atomic mass is 35.5. The number of carbonyl (C=O) groups is 1. The molecule has 5 heteroatoms. The zero-order valence-corrected chi connectivity index (χ0v) is 17.7. The molecule has 3 aromatic carbocycles. The summed E-state index contributed by atoms with van der Waals surface area (Å²) in [6.45, 7) is 4.00. The van der Waals surface area contributed by atoms with Gasteiger partial charge < -0.3 is 15.4 Å². The molecule has 154 valence electrons. The van der Waals surface area contributed by atoms with Crippen LogP contribution in [0.3, 0.4) is 0 Å². The van der Waals surface area contributed by atoms with E-state index >= 15 is 0 Å². The Labute approximate surface area is 182 Å². The number of hydrogen-bond donors (Lipinski definition) is 2.